The number of hydrogen-bond donors (Lipinski definition) is 0. The van der Waals surface area contributed by atoms with E-state index in [-0.39, 0.29) is 24.1 Å². The smallest absolute Gasteiger partial charge is 0.403 e. The van der Waals surface area contributed by atoms with E-state index in [1.165, 1.54) is 11.3 Å². The maximum absolute atomic E-state index is 12.6. The summed E-state index contributed by atoms with van der Waals surface area (Å²) in [5.74, 6) is 0.0831. The zero-order valence-corrected chi connectivity index (χ0v) is 14.5. The first-order chi connectivity index (χ1) is 9.64. The van der Waals surface area contributed by atoms with Crippen LogP contribution in [-0.4, -0.2) is 24.1 Å². The predicted octanol–water partition coefficient (Wildman–Crippen LogP) is 4.36. The summed E-state index contributed by atoms with van der Waals surface area (Å²) in [6.07, 6.45) is 0.492. The minimum absolute atomic E-state index is 0.0831. The zero-order chi connectivity index (χ0) is 15.8. The zero-order valence-electron chi connectivity index (χ0n) is 13.6. The number of rotatable bonds is 4. The lowest BCUT2D eigenvalue weighted by molar-refractivity contribution is 0.00578. The Labute approximate surface area is 131 Å². The first kappa shape index (κ1) is 16.5. The lowest BCUT2D eigenvalue weighted by atomic mass is 9.77. The quantitative estimate of drug-likeness (QED) is 0.471. The minimum Gasteiger partial charge on any atom is -0.403 e. The molecule has 114 valence electrons. The van der Waals surface area contributed by atoms with Gasteiger partial charge in [-0.2, -0.15) is 0 Å². The van der Waals surface area contributed by atoms with Gasteiger partial charge in [-0.1, -0.05) is 11.6 Å². The molecule has 0 spiro atoms. The molecule has 3 nitrogen and oxygen atoms in total. The average Bonchev–Trinajstić information content (AvgIpc) is 2.92. The highest BCUT2D eigenvalue weighted by molar-refractivity contribution is 7.12. The van der Waals surface area contributed by atoms with E-state index in [0.717, 1.165) is 16.0 Å². The first-order valence-corrected chi connectivity index (χ1v) is 8.12. The molecule has 0 aromatic carbocycles. The number of carbonyl (C=O) groups excluding carboxylic acids is 1. The van der Waals surface area contributed by atoms with E-state index in [1.807, 2.05) is 59.1 Å². The van der Waals surface area contributed by atoms with Gasteiger partial charge in [0.1, 0.15) is 0 Å². The van der Waals surface area contributed by atoms with E-state index in [9.17, 15) is 4.79 Å². The fourth-order valence-corrected chi connectivity index (χ4v) is 2.99. The fraction of sp³-hybridized carbons (Fsp3) is 0.562. The molecule has 1 aromatic heterocycles. The van der Waals surface area contributed by atoms with Crippen molar-refractivity contribution in [3.05, 3.63) is 33.5 Å². The second-order valence-corrected chi connectivity index (χ2v) is 7.62. The lowest BCUT2D eigenvalue weighted by Gasteiger charge is -2.32. The number of thiophene rings is 1. The fourth-order valence-electron chi connectivity index (χ4n) is 2.30. The third-order valence-electron chi connectivity index (χ3n) is 4.30. The summed E-state index contributed by atoms with van der Waals surface area (Å²) in [7, 11) is -0.371. The second kappa shape index (κ2) is 5.71. The lowest BCUT2D eigenvalue weighted by Crippen LogP contribution is -2.41. The molecule has 1 aromatic rings. The van der Waals surface area contributed by atoms with Crippen LogP contribution in [0.2, 0.25) is 6.32 Å². The Morgan fingerprint density at radius 2 is 1.76 bits per heavy atom. The van der Waals surface area contributed by atoms with E-state index in [4.69, 9.17) is 9.31 Å². The van der Waals surface area contributed by atoms with Gasteiger partial charge in [0.25, 0.3) is 0 Å². The maximum Gasteiger partial charge on any atom is 0.462 e. The SMILES string of the molecule is CC(C)=C(CB1OC(C)(C)C(C)(C)O1)C(=O)c1cccs1. The number of carbonyl (C=O) groups is 1. The molecule has 1 saturated heterocycles. The van der Waals surface area contributed by atoms with Crippen LogP contribution in [0.1, 0.15) is 51.2 Å². The van der Waals surface area contributed by atoms with Gasteiger partial charge in [-0.05, 0) is 58.6 Å². The van der Waals surface area contributed by atoms with Crippen molar-refractivity contribution >= 4 is 24.2 Å². The van der Waals surface area contributed by atoms with Gasteiger partial charge in [0, 0.05) is 6.32 Å². The van der Waals surface area contributed by atoms with E-state index in [1.54, 1.807) is 0 Å². The van der Waals surface area contributed by atoms with Crippen molar-refractivity contribution in [2.45, 2.75) is 59.1 Å². The van der Waals surface area contributed by atoms with Crippen LogP contribution in [0.15, 0.2) is 28.7 Å². The molecule has 0 aliphatic carbocycles. The molecule has 1 fully saturated rings. The van der Waals surface area contributed by atoms with Crippen molar-refractivity contribution in [3.63, 3.8) is 0 Å². The highest BCUT2D eigenvalue weighted by Gasteiger charge is 2.51. The Balaban J connectivity index is 2.17. The van der Waals surface area contributed by atoms with Crippen LogP contribution in [0, 0.1) is 0 Å². The Morgan fingerprint density at radius 1 is 1.19 bits per heavy atom. The molecular formula is C16H23BO3S. The summed E-state index contributed by atoms with van der Waals surface area (Å²) in [6, 6.07) is 3.76. The predicted molar refractivity (Wildman–Crippen MR) is 87.9 cm³/mol. The van der Waals surface area contributed by atoms with E-state index in [0.29, 0.717) is 6.32 Å². The van der Waals surface area contributed by atoms with Gasteiger partial charge in [0.15, 0.2) is 5.78 Å². The van der Waals surface area contributed by atoms with Crippen LogP contribution in [-0.2, 0) is 9.31 Å². The van der Waals surface area contributed by atoms with Crippen LogP contribution in [0.4, 0.5) is 0 Å². The maximum atomic E-state index is 12.6. The molecule has 0 unspecified atom stereocenters. The average molecular weight is 306 g/mol. The largest absolute Gasteiger partial charge is 0.462 e. The van der Waals surface area contributed by atoms with Gasteiger partial charge in [-0.3, -0.25) is 4.79 Å². The molecule has 0 saturated carbocycles. The summed E-state index contributed by atoms with van der Waals surface area (Å²) >= 11 is 1.47. The van der Waals surface area contributed by atoms with Gasteiger partial charge < -0.3 is 9.31 Å². The number of Topliss-reactive ketones (excluding diaryl/α,β-unsaturated/α-hetero) is 1. The molecule has 0 radical (unpaired) electrons. The van der Waals surface area contributed by atoms with Gasteiger partial charge in [0.2, 0.25) is 0 Å². The topological polar surface area (TPSA) is 35.5 Å². The molecule has 0 amide bonds. The Morgan fingerprint density at radius 3 is 2.19 bits per heavy atom. The van der Waals surface area contributed by atoms with Gasteiger partial charge >= 0.3 is 7.12 Å². The number of hydrogen-bond acceptors (Lipinski definition) is 4. The van der Waals surface area contributed by atoms with Gasteiger partial charge in [0.05, 0.1) is 16.1 Å². The number of ketones is 1. The first-order valence-electron chi connectivity index (χ1n) is 7.24. The minimum atomic E-state index is -0.371. The molecule has 0 atom stereocenters. The van der Waals surface area contributed by atoms with E-state index < -0.39 is 0 Å². The second-order valence-electron chi connectivity index (χ2n) is 6.67. The molecule has 2 heterocycles. The van der Waals surface area contributed by atoms with Gasteiger partial charge in [-0.15, -0.1) is 11.3 Å². The van der Waals surface area contributed by atoms with Crippen molar-refractivity contribution < 1.29 is 14.1 Å². The Kier molecular flexibility index (Phi) is 4.48. The van der Waals surface area contributed by atoms with Crippen molar-refractivity contribution in [1.82, 2.24) is 0 Å². The summed E-state index contributed by atoms with van der Waals surface area (Å²) in [5, 5.41) is 1.92. The molecule has 1 aliphatic rings. The monoisotopic (exact) mass is 306 g/mol. The van der Waals surface area contributed by atoms with Crippen molar-refractivity contribution in [2.75, 3.05) is 0 Å². The Bertz CT molecular complexity index is 538. The van der Waals surface area contributed by atoms with Gasteiger partial charge in [-0.25, -0.2) is 0 Å². The summed E-state index contributed by atoms with van der Waals surface area (Å²) in [5.41, 5.74) is 1.08. The third kappa shape index (κ3) is 3.30. The highest BCUT2D eigenvalue weighted by atomic mass is 32.1. The normalized spacial score (nSPS) is 19.6. The van der Waals surface area contributed by atoms with Crippen LogP contribution < -0.4 is 0 Å². The Hall–Kier alpha value is -0.905. The number of allylic oxidation sites excluding steroid dienone is 2. The van der Waals surface area contributed by atoms with Crippen molar-refractivity contribution in [3.8, 4) is 0 Å². The van der Waals surface area contributed by atoms with Crippen LogP contribution >= 0.6 is 11.3 Å². The molecule has 1 aliphatic heterocycles. The summed E-state index contributed by atoms with van der Waals surface area (Å²) in [6.45, 7) is 12.0. The summed E-state index contributed by atoms with van der Waals surface area (Å²) < 4.78 is 12.0. The van der Waals surface area contributed by atoms with Crippen LogP contribution in [0.5, 0.6) is 0 Å². The summed E-state index contributed by atoms with van der Waals surface area (Å²) in [4.78, 5) is 13.4. The molecule has 0 bridgehead atoms. The standard InChI is InChI=1S/C16H23BO3S/c1-11(2)12(14(18)13-8-7-9-21-13)10-17-19-15(3,4)16(5,6)20-17/h7-9H,10H2,1-6H3. The molecule has 5 heteroatoms. The van der Waals surface area contributed by atoms with E-state index in [2.05, 4.69) is 0 Å². The molecule has 2 rings (SSSR count). The van der Waals surface area contributed by atoms with E-state index >= 15 is 0 Å². The van der Waals surface area contributed by atoms with Crippen LogP contribution in [0.25, 0.3) is 0 Å². The van der Waals surface area contributed by atoms with Crippen molar-refractivity contribution in [2.24, 2.45) is 0 Å². The molecular weight excluding hydrogens is 283 g/mol. The highest BCUT2D eigenvalue weighted by Crippen LogP contribution is 2.39. The molecule has 21 heavy (non-hydrogen) atoms. The van der Waals surface area contributed by atoms with Crippen LogP contribution in [0.3, 0.4) is 0 Å². The molecule has 0 N–H and O–H groups in total. The van der Waals surface area contributed by atoms with Crippen molar-refractivity contribution in [1.29, 1.82) is 0 Å². The third-order valence-corrected chi connectivity index (χ3v) is 5.16.